The van der Waals surface area contributed by atoms with Gasteiger partial charge < -0.3 is 35.9 Å². The van der Waals surface area contributed by atoms with Crippen LogP contribution in [0.15, 0.2) is 66.7 Å². The van der Waals surface area contributed by atoms with E-state index in [1.165, 1.54) is 60.7 Å². The molecule has 3 aromatic carbocycles. The average Bonchev–Trinajstić information content (AvgIpc) is 3.05. The average molecular weight is 641 g/mol. The van der Waals surface area contributed by atoms with Crippen LogP contribution in [-0.2, 0) is 25.4 Å². The Morgan fingerprint density at radius 2 is 1.67 bits per heavy atom. The number of alkyl carbamates (subject to hydrolysis) is 1. The molecular weight excluding hydrogens is 601 g/mol. The van der Waals surface area contributed by atoms with Gasteiger partial charge >= 0.3 is 6.09 Å². The lowest BCUT2D eigenvalue weighted by Crippen LogP contribution is -2.50. The predicted molar refractivity (Wildman–Crippen MR) is 166 cm³/mol. The highest BCUT2D eigenvalue weighted by Crippen LogP contribution is 2.32. The van der Waals surface area contributed by atoms with Crippen molar-refractivity contribution in [3.8, 4) is 0 Å². The summed E-state index contributed by atoms with van der Waals surface area (Å²) in [5, 5.41) is 9.28. The summed E-state index contributed by atoms with van der Waals surface area (Å²) < 4.78 is 59.5. The van der Waals surface area contributed by atoms with Crippen LogP contribution in [0.5, 0.6) is 0 Å². The summed E-state index contributed by atoms with van der Waals surface area (Å²) in [4.78, 5) is 25.0. The number of amides is 2. The van der Waals surface area contributed by atoms with E-state index < -0.39 is 41.4 Å². The normalized spacial score (nSPS) is 20.6. The van der Waals surface area contributed by atoms with Crippen molar-refractivity contribution >= 4 is 17.7 Å². The molecule has 0 unspecified atom stereocenters. The zero-order valence-electron chi connectivity index (χ0n) is 25.4. The zero-order valence-corrected chi connectivity index (χ0v) is 25.4. The molecule has 0 spiro atoms. The number of ether oxygens (including phenoxy) is 3. The van der Waals surface area contributed by atoms with Crippen molar-refractivity contribution in [3.63, 3.8) is 0 Å². The molecule has 2 fully saturated rings. The summed E-state index contributed by atoms with van der Waals surface area (Å²) in [6.07, 6.45) is 1.79. The Bertz CT molecular complexity index is 1400. The summed E-state index contributed by atoms with van der Waals surface area (Å²) in [7, 11) is 0. The number of carbonyl (C=O) groups excluding carboxylic acids is 2. The van der Waals surface area contributed by atoms with E-state index in [4.69, 9.17) is 19.9 Å². The van der Waals surface area contributed by atoms with E-state index in [0.717, 1.165) is 12.8 Å². The van der Waals surface area contributed by atoms with E-state index in [9.17, 15) is 18.4 Å². The Balaban J connectivity index is 1.21. The predicted octanol–water partition coefficient (Wildman–Crippen LogP) is 4.40. The van der Waals surface area contributed by atoms with Crippen molar-refractivity contribution < 1.29 is 37.0 Å². The minimum Gasteiger partial charge on any atom is -0.448 e. The maximum absolute atomic E-state index is 15.2. The van der Waals surface area contributed by atoms with Crippen molar-refractivity contribution in [2.45, 2.75) is 55.8 Å². The Morgan fingerprint density at radius 3 is 2.26 bits per heavy atom. The van der Waals surface area contributed by atoms with Gasteiger partial charge in [-0.3, -0.25) is 4.79 Å². The molecule has 2 amide bonds. The molecule has 4 atom stereocenters. The number of morpholine rings is 1. The summed E-state index contributed by atoms with van der Waals surface area (Å²) in [6.45, 7) is 2.12. The van der Waals surface area contributed by atoms with Gasteiger partial charge in [0, 0.05) is 30.3 Å². The number of nitrogens with one attached hydrogen (secondary N) is 3. The minimum absolute atomic E-state index is 0.0473. The molecule has 12 heteroatoms. The number of hydrogen-bond acceptors (Lipinski definition) is 7. The third-order valence-corrected chi connectivity index (χ3v) is 8.31. The Labute approximate surface area is 266 Å². The topological polar surface area (TPSA) is 124 Å². The first-order chi connectivity index (χ1) is 22.3. The molecule has 0 saturated carbocycles. The number of halogens is 3. The highest BCUT2D eigenvalue weighted by molar-refractivity contribution is 5.85. The van der Waals surface area contributed by atoms with Crippen LogP contribution in [0.3, 0.4) is 0 Å². The Kier molecular flexibility index (Phi) is 11.5. The maximum Gasteiger partial charge on any atom is 0.407 e. The van der Waals surface area contributed by atoms with Gasteiger partial charge in [-0.15, -0.1) is 0 Å². The summed E-state index contributed by atoms with van der Waals surface area (Å²) in [5.74, 6) is -2.81. The molecule has 0 aromatic heterocycles. The van der Waals surface area contributed by atoms with Crippen molar-refractivity contribution in [1.29, 1.82) is 0 Å². The number of anilines is 1. The van der Waals surface area contributed by atoms with Gasteiger partial charge in [0.1, 0.15) is 30.1 Å². The third kappa shape index (κ3) is 8.99. The van der Waals surface area contributed by atoms with Crippen molar-refractivity contribution in [1.82, 2.24) is 10.6 Å². The van der Waals surface area contributed by atoms with Crippen LogP contribution in [0.2, 0.25) is 0 Å². The van der Waals surface area contributed by atoms with Crippen LogP contribution in [0.1, 0.15) is 41.9 Å². The van der Waals surface area contributed by atoms with Crippen LogP contribution in [0.4, 0.5) is 23.7 Å². The SMILES string of the molecule is NC(=O)[C@@H](Nc1cccc(F)c1CC[C@@H]1CN[C@H](COC(=O)N[C@H]2CCCOC2)CO1)C(c1ccc(F)cc1)c1ccc(F)cc1. The van der Waals surface area contributed by atoms with E-state index in [0.29, 0.717) is 55.2 Å². The van der Waals surface area contributed by atoms with Crippen LogP contribution < -0.4 is 21.7 Å². The zero-order chi connectivity index (χ0) is 32.5. The van der Waals surface area contributed by atoms with Gasteiger partial charge in [-0.25, -0.2) is 18.0 Å². The van der Waals surface area contributed by atoms with Crippen LogP contribution in [-0.4, -0.2) is 69.2 Å². The fourth-order valence-electron chi connectivity index (χ4n) is 5.86. The highest BCUT2D eigenvalue weighted by Gasteiger charge is 2.31. The van der Waals surface area contributed by atoms with E-state index in [1.807, 2.05) is 0 Å². The Morgan fingerprint density at radius 1 is 0.978 bits per heavy atom. The fraction of sp³-hybridized carbons (Fsp3) is 0.412. The van der Waals surface area contributed by atoms with Gasteiger partial charge in [-0.2, -0.15) is 0 Å². The van der Waals surface area contributed by atoms with E-state index >= 15 is 4.39 Å². The van der Waals surface area contributed by atoms with Crippen molar-refractivity contribution in [2.75, 3.05) is 38.3 Å². The summed E-state index contributed by atoms with van der Waals surface area (Å²) in [5.41, 5.74) is 7.76. The molecule has 0 bridgehead atoms. The van der Waals surface area contributed by atoms with Crippen LogP contribution in [0, 0.1) is 17.5 Å². The molecular formula is C34H39F3N4O5. The number of nitrogens with two attached hydrogens (primary N) is 1. The smallest absolute Gasteiger partial charge is 0.407 e. The first-order valence-electron chi connectivity index (χ1n) is 15.5. The first kappa shape index (κ1) is 33.2. The second kappa shape index (κ2) is 15.9. The van der Waals surface area contributed by atoms with Gasteiger partial charge in [-0.1, -0.05) is 30.3 Å². The number of primary amides is 1. The summed E-state index contributed by atoms with van der Waals surface area (Å²) in [6, 6.07) is 14.5. The molecule has 2 saturated heterocycles. The molecule has 0 aliphatic carbocycles. The van der Waals surface area contributed by atoms with Crippen LogP contribution >= 0.6 is 0 Å². The molecule has 46 heavy (non-hydrogen) atoms. The summed E-state index contributed by atoms with van der Waals surface area (Å²) >= 11 is 0. The van der Waals surface area contributed by atoms with Gasteiger partial charge in [0.15, 0.2) is 0 Å². The second-order valence-electron chi connectivity index (χ2n) is 11.6. The lowest BCUT2D eigenvalue weighted by molar-refractivity contribution is -0.119. The van der Waals surface area contributed by atoms with Gasteiger partial charge in [0.25, 0.3) is 0 Å². The number of hydrogen-bond donors (Lipinski definition) is 4. The third-order valence-electron chi connectivity index (χ3n) is 8.31. The fourth-order valence-corrected chi connectivity index (χ4v) is 5.86. The Hall–Kier alpha value is -4.13. The quantitative estimate of drug-likeness (QED) is 0.232. The van der Waals surface area contributed by atoms with Crippen molar-refractivity contribution in [2.24, 2.45) is 5.73 Å². The minimum atomic E-state index is -1.08. The molecule has 2 aliphatic rings. The standard InChI is InChI=1S/C34H39F3N4O5/c35-23-10-6-21(7-11-23)31(22-8-12-24(36)13-9-22)32(33(38)42)41-30-5-1-4-29(37)28(30)15-14-27-17-39-26(19-45-27)20-46-34(43)40-25-3-2-16-44-18-25/h1,4-13,25-27,31-32,39,41H,2-3,14-20H2,(H2,38,42)(H,40,43)/t25-,26-,27+,32-/m0/s1. The lowest BCUT2D eigenvalue weighted by Gasteiger charge is -2.31. The van der Waals surface area contributed by atoms with Gasteiger partial charge in [-0.05, 0) is 73.2 Å². The molecule has 5 N–H and O–H groups in total. The highest BCUT2D eigenvalue weighted by atomic mass is 19.1. The van der Waals surface area contributed by atoms with Crippen molar-refractivity contribution in [3.05, 3.63) is 101 Å². The molecule has 2 aliphatic heterocycles. The second-order valence-corrected chi connectivity index (χ2v) is 11.6. The lowest BCUT2D eigenvalue weighted by atomic mass is 9.84. The maximum atomic E-state index is 15.2. The van der Waals surface area contributed by atoms with E-state index in [1.54, 1.807) is 6.07 Å². The van der Waals surface area contributed by atoms with E-state index in [-0.39, 0.29) is 31.2 Å². The largest absolute Gasteiger partial charge is 0.448 e. The molecule has 2 heterocycles. The van der Waals surface area contributed by atoms with E-state index in [2.05, 4.69) is 16.0 Å². The first-order valence-corrected chi connectivity index (χ1v) is 15.5. The number of carbonyl (C=O) groups is 2. The number of benzene rings is 3. The van der Waals surface area contributed by atoms with Gasteiger partial charge in [0.05, 0.1) is 31.4 Å². The van der Waals surface area contributed by atoms with Crippen LogP contribution in [0.25, 0.3) is 0 Å². The monoisotopic (exact) mass is 640 g/mol. The molecule has 9 nitrogen and oxygen atoms in total. The molecule has 246 valence electrons. The molecule has 3 aromatic rings. The molecule has 0 radical (unpaired) electrons. The van der Waals surface area contributed by atoms with Gasteiger partial charge in [0.2, 0.25) is 5.91 Å². The molecule has 5 rings (SSSR count). The number of rotatable bonds is 12.